The van der Waals surface area contributed by atoms with Gasteiger partial charge in [0.2, 0.25) is 0 Å². The molecule has 2 heterocycles. The van der Waals surface area contributed by atoms with E-state index in [1.165, 1.54) is 7.11 Å². The number of aromatic nitrogens is 2. The second kappa shape index (κ2) is 7.77. The fraction of sp³-hybridized carbons (Fsp3) is 0.263. The number of methoxy groups -OCH3 is 3. The first-order chi connectivity index (χ1) is 12.7. The lowest BCUT2D eigenvalue weighted by atomic mass is 10.2. The number of fused-ring (bicyclic) bond motifs is 1. The molecule has 0 spiro atoms. The first-order valence-corrected chi connectivity index (χ1v) is 8.17. The normalized spacial score (nSPS) is 10.6. The molecule has 0 saturated heterocycles. The van der Waals surface area contributed by atoms with E-state index >= 15 is 0 Å². The molecule has 0 fully saturated rings. The van der Waals surface area contributed by atoms with Crippen LogP contribution < -0.4 is 19.5 Å². The standard InChI is InChI=1S/C19H21N3O4/c1-24-15-7-6-13(11-17(15)26-3)19(23)20-9-8-14-12-22-10-4-5-16(25-2)18(22)21-14/h4-7,10-12H,8-9H2,1-3H3,(H,20,23). The molecule has 0 aliphatic heterocycles. The highest BCUT2D eigenvalue weighted by Gasteiger charge is 2.11. The van der Waals surface area contributed by atoms with Gasteiger partial charge in [0.25, 0.3) is 5.91 Å². The Morgan fingerprint density at radius 1 is 1.08 bits per heavy atom. The average molecular weight is 355 g/mol. The maximum Gasteiger partial charge on any atom is 0.251 e. The summed E-state index contributed by atoms with van der Waals surface area (Å²) >= 11 is 0. The largest absolute Gasteiger partial charge is 0.493 e. The minimum atomic E-state index is -0.174. The van der Waals surface area contributed by atoms with Gasteiger partial charge in [0.05, 0.1) is 27.0 Å². The van der Waals surface area contributed by atoms with Crippen molar-refractivity contribution in [2.45, 2.75) is 6.42 Å². The van der Waals surface area contributed by atoms with E-state index in [0.29, 0.717) is 35.8 Å². The molecule has 0 bridgehead atoms. The third-order valence-corrected chi connectivity index (χ3v) is 4.03. The molecule has 0 unspecified atom stereocenters. The van der Waals surface area contributed by atoms with Gasteiger partial charge in [0, 0.05) is 30.9 Å². The molecule has 136 valence electrons. The molecule has 1 amide bonds. The van der Waals surface area contributed by atoms with Gasteiger partial charge in [0.1, 0.15) is 0 Å². The van der Waals surface area contributed by atoms with Gasteiger partial charge in [-0.2, -0.15) is 0 Å². The summed E-state index contributed by atoms with van der Waals surface area (Å²) in [6, 6.07) is 8.83. The van der Waals surface area contributed by atoms with E-state index in [1.54, 1.807) is 32.4 Å². The van der Waals surface area contributed by atoms with Crippen LogP contribution in [-0.2, 0) is 6.42 Å². The third-order valence-electron chi connectivity index (χ3n) is 4.03. The Balaban J connectivity index is 1.63. The SMILES string of the molecule is COc1ccc(C(=O)NCCc2cn3cccc(OC)c3n2)cc1OC. The van der Waals surface area contributed by atoms with Crippen molar-refractivity contribution >= 4 is 11.6 Å². The number of carbonyl (C=O) groups excluding carboxylic acids is 1. The predicted octanol–water partition coefficient (Wildman–Crippen LogP) is 2.33. The molecule has 3 rings (SSSR count). The lowest BCUT2D eigenvalue weighted by molar-refractivity contribution is 0.0953. The molecular formula is C19H21N3O4. The van der Waals surface area contributed by atoms with Crippen LogP contribution in [0.5, 0.6) is 17.2 Å². The van der Waals surface area contributed by atoms with E-state index in [1.807, 2.05) is 28.9 Å². The van der Waals surface area contributed by atoms with Crippen LogP contribution >= 0.6 is 0 Å². The van der Waals surface area contributed by atoms with Crippen LogP contribution in [-0.4, -0.2) is 43.2 Å². The second-order valence-corrected chi connectivity index (χ2v) is 5.62. The fourth-order valence-electron chi connectivity index (χ4n) is 2.70. The van der Waals surface area contributed by atoms with Gasteiger partial charge >= 0.3 is 0 Å². The summed E-state index contributed by atoms with van der Waals surface area (Å²) in [7, 11) is 4.71. The summed E-state index contributed by atoms with van der Waals surface area (Å²) in [4.78, 5) is 16.9. The number of ether oxygens (including phenoxy) is 3. The molecule has 1 N–H and O–H groups in total. The van der Waals surface area contributed by atoms with E-state index in [2.05, 4.69) is 10.3 Å². The molecule has 0 atom stereocenters. The number of nitrogens with one attached hydrogen (secondary N) is 1. The van der Waals surface area contributed by atoms with Gasteiger partial charge in [-0.15, -0.1) is 0 Å². The number of nitrogens with zero attached hydrogens (tertiary/aromatic N) is 2. The fourth-order valence-corrected chi connectivity index (χ4v) is 2.70. The van der Waals surface area contributed by atoms with Crippen molar-refractivity contribution in [3.8, 4) is 17.2 Å². The molecule has 2 aromatic heterocycles. The molecule has 0 aliphatic rings. The number of benzene rings is 1. The van der Waals surface area contributed by atoms with Crippen LogP contribution in [0.15, 0.2) is 42.7 Å². The van der Waals surface area contributed by atoms with Gasteiger partial charge in [-0.05, 0) is 30.3 Å². The zero-order valence-electron chi connectivity index (χ0n) is 15.0. The van der Waals surface area contributed by atoms with Crippen LogP contribution in [0, 0.1) is 0 Å². The van der Waals surface area contributed by atoms with Crippen molar-refractivity contribution in [2.24, 2.45) is 0 Å². The predicted molar refractivity (Wildman–Crippen MR) is 97.3 cm³/mol. The van der Waals surface area contributed by atoms with Crippen molar-refractivity contribution < 1.29 is 19.0 Å². The number of pyridine rings is 1. The minimum absolute atomic E-state index is 0.174. The summed E-state index contributed by atoms with van der Waals surface area (Å²) in [5.74, 6) is 1.65. The summed E-state index contributed by atoms with van der Waals surface area (Å²) in [6.45, 7) is 0.472. The van der Waals surface area contributed by atoms with Crippen LogP contribution in [0.1, 0.15) is 16.1 Å². The maximum atomic E-state index is 12.3. The van der Waals surface area contributed by atoms with Crippen molar-refractivity contribution in [2.75, 3.05) is 27.9 Å². The number of carbonyl (C=O) groups is 1. The second-order valence-electron chi connectivity index (χ2n) is 5.62. The first kappa shape index (κ1) is 17.6. The Morgan fingerprint density at radius 3 is 2.58 bits per heavy atom. The quantitative estimate of drug-likeness (QED) is 0.704. The maximum absolute atomic E-state index is 12.3. The zero-order chi connectivity index (χ0) is 18.5. The van der Waals surface area contributed by atoms with Gasteiger partial charge in [-0.25, -0.2) is 4.98 Å². The Labute approximate surface area is 151 Å². The minimum Gasteiger partial charge on any atom is -0.493 e. The molecule has 1 aromatic carbocycles. The number of rotatable bonds is 7. The molecule has 7 heteroatoms. The average Bonchev–Trinajstić information content (AvgIpc) is 3.10. The van der Waals surface area contributed by atoms with Gasteiger partial charge in [-0.3, -0.25) is 4.79 Å². The summed E-state index contributed by atoms with van der Waals surface area (Å²) in [5.41, 5.74) is 2.15. The van der Waals surface area contributed by atoms with E-state index in [9.17, 15) is 4.79 Å². The monoisotopic (exact) mass is 355 g/mol. The van der Waals surface area contributed by atoms with E-state index in [4.69, 9.17) is 14.2 Å². The molecule has 7 nitrogen and oxygen atoms in total. The van der Waals surface area contributed by atoms with Crippen molar-refractivity contribution in [1.82, 2.24) is 14.7 Å². The Hall–Kier alpha value is -3.22. The van der Waals surface area contributed by atoms with Crippen molar-refractivity contribution in [3.05, 3.63) is 54.0 Å². The van der Waals surface area contributed by atoms with Crippen LogP contribution in [0.3, 0.4) is 0 Å². The van der Waals surface area contributed by atoms with E-state index in [0.717, 1.165) is 11.3 Å². The van der Waals surface area contributed by atoms with Crippen molar-refractivity contribution in [3.63, 3.8) is 0 Å². The molecule has 26 heavy (non-hydrogen) atoms. The lowest BCUT2D eigenvalue weighted by Gasteiger charge is -2.09. The van der Waals surface area contributed by atoms with Crippen molar-refractivity contribution in [1.29, 1.82) is 0 Å². The molecule has 0 aliphatic carbocycles. The van der Waals surface area contributed by atoms with Crippen LogP contribution in [0.2, 0.25) is 0 Å². The highest BCUT2D eigenvalue weighted by Crippen LogP contribution is 2.27. The number of amides is 1. The van der Waals surface area contributed by atoms with Crippen LogP contribution in [0.25, 0.3) is 5.65 Å². The summed E-state index contributed by atoms with van der Waals surface area (Å²) in [5, 5.41) is 2.89. The molecule has 3 aromatic rings. The van der Waals surface area contributed by atoms with Gasteiger partial charge in [-0.1, -0.05) is 0 Å². The highest BCUT2D eigenvalue weighted by molar-refractivity contribution is 5.94. The van der Waals surface area contributed by atoms with E-state index < -0.39 is 0 Å². The third kappa shape index (κ3) is 3.56. The first-order valence-electron chi connectivity index (χ1n) is 8.17. The zero-order valence-corrected chi connectivity index (χ0v) is 15.0. The smallest absolute Gasteiger partial charge is 0.251 e. The van der Waals surface area contributed by atoms with E-state index in [-0.39, 0.29) is 5.91 Å². The Morgan fingerprint density at radius 2 is 1.85 bits per heavy atom. The number of imidazole rings is 1. The molecule has 0 radical (unpaired) electrons. The number of hydrogen-bond donors (Lipinski definition) is 1. The molecule has 0 saturated carbocycles. The topological polar surface area (TPSA) is 74.1 Å². The Kier molecular flexibility index (Phi) is 5.26. The summed E-state index contributed by atoms with van der Waals surface area (Å²) in [6.07, 6.45) is 4.46. The van der Waals surface area contributed by atoms with Gasteiger partial charge in [0.15, 0.2) is 22.9 Å². The van der Waals surface area contributed by atoms with Crippen LogP contribution in [0.4, 0.5) is 0 Å². The molecular weight excluding hydrogens is 334 g/mol. The Bertz CT molecular complexity index is 920. The lowest BCUT2D eigenvalue weighted by Crippen LogP contribution is -2.25. The number of hydrogen-bond acceptors (Lipinski definition) is 5. The highest BCUT2D eigenvalue weighted by atomic mass is 16.5. The summed E-state index contributed by atoms with van der Waals surface area (Å²) < 4.78 is 17.6. The van der Waals surface area contributed by atoms with Gasteiger partial charge < -0.3 is 23.9 Å².